The minimum absolute atomic E-state index is 0.0603. The van der Waals surface area contributed by atoms with Gasteiger partial charge < -0.3 is 20.3 Å². The van der Waals surface area contributed by atoms with Crippen molar-refractivity contribution in [2.24, 2.45) is 5.73 Å². The summed E-state index contributed by atoms with van der Waals surface area (Å²) in [5.74, 6) is -0.0409. The van der Waals surface area contributed by atoms with Gasteiger partial charge in [-0.25, -0.2) is 4.39 Å². The first-order valence-electron chi connectivity index (χ1n) is 5.39. The summed E-state index contributed by atoms with van der Waals surface area (Å²) in [7, 11) is 1.49. The molecular weight excluding hydrogens is 225 g/mol. The summed E-state index contributed by atoms with van der Waals surface area (Å²) in [6.07, 6.45) is -0.726. The quantitative estimate of drug-likeness (QED) is 0.788. The zero-order valence-electron chi connectivity index (χ0n) is 10.0. The number of nitrogens with two attached hydrogens (primary N) is 1. The van der Waals surface area contributed by atoms with Crippen molar-refractivity contribution in [2.75, 3.05) is 20.3 Å². The molecule has 0 aliphatic heterocycles. The molecule has 96 valence electrons. The fraction of sp³-hybridized carbons (Fsp3) is 0.500. The van der Waals surface area contributed by atoms with Gasteiger partial charge in [-0.3, -0.25) is 0 Å². The highest BCUT2D eigenvalue weighted by Crippen LogP contribution is 2.20. The van der Waals surface area contributed by atoms with Gasteiger partial charge in [0.05, 0.1) is 6.61 Å². The van der Waals surface area contributed by atoms with Gasteiger partial charge in [0.15, 0.2) is 0 Å². The van der Waals surface area contributed by atoms with E-state index in [4.69, 9.17) is 15.2 Å². The van der Waals surface area contributed by atoms with Crippen molar-refractivity contribution in [1.82, 2.24) is 0 Å². The van der Waals surface area contributed by atoms with Crippen molar-refractivity contribution in [3.05, 3.63) is 29.6 Å². The Labute approximate surface area is 100 Å². The van der Waals surface area contributed by atoms with Crippen molar-refractivity contribution in [2.45, 2.75) is 19.1 Å². The van der Waals surface area contributed by atoms with Gasteiger partial charge in [0.1, 0.15) is 24.3 Å². The molecule has 0 aromatic heterocycles. The van der Waals surface area contributed by atoms with E-state index in [-0.39, 0.29) is 19.3 Å². The SMILES string of the molecule is COCC(O)COc1ccc([C@H](C)N)c(F)c1. The second-order valence-corrected chi connectivity index (χ2v) is 3.89. The van der Waals surface area contributed by atoms with Crippen LogP contribution in [0.2, 0.25) is 0 Å². The second-order valence-electron chi connectivity index (χ2n) is 3.89. The van der Waals surface area contributed by atoms with Crippen LogP contribution in [-0.4, -0.2) is 31.5 Å². The van der Waals surface area contributed by atoms with E-state index >= 15 is 0 Å². The predicted molar refractivity (Wildman–Crippen MR) is 62.4 cm³/mol. The number of benzene rings is 1. The van der Waals surface area contributed by atoms with E-state index in [9.17, 15) is 9.50 Å². The van der Waals surface area contributed by atoms with Crippen LogP contribution in [0.4, 0.5) is 4.39 Å². The summed E-state index contributed by atoms with van der Waals surface area (Å²) in [6.45, 7) is 1.95. The first-order chi connectivity index (χ1) is 8.04. The molecule has 0 spiro atoms. The molecule has 0 saturated heterocycles. The number of rotatable bonds is 6. The maximum Gasteiger partial charge on any atom is 0.131 e. The summed E-state index contributed by atoms with van der Waals surface area (Å²) in [4.78, 5) is 0. The molecule has 1 unspecified atom stereocenters. The molecule has 0 aliphatic rings. The van der Waals surface area contributed by atoms with Gasteiger partial charge in [0.25, 0.3) is 0 Å². The molecule has 0 saturated carbocycles. The lowest BCUT2D eigenvalue weighted by atomic mass is 10.1. The summed E-state index contributed by atoms with van der Waals surface area (Å²) in [5.41, 5.74) is 6.03. The van der Waals surface area contributed by atoms with Gasteiger partial charge >= 0.3 is 0 Å². The molecule has 0 aliphatic carbocycles. The van der Waals surface area contributed by atoms with Gasteiger partial charge in [-0.15, -0.1) is 0 Å². The Morgan fingerprint density at radius 2 is 2.12 bits per heavy atom. The largest absolute Gasteiger partial charge is 0.491 e. The van der Waals surface area contributed by atoms with Crippen molar-refractivity contribution in [1.29, 1.82) is 0 Å². The Morgan fingerprint density at radius 1 is 1.41 bits per heavy atom. The highest BCUT2D eigenvalue weighted by Gasteiger charge is 2.09. The zero-order valence-corrected chi connectivity index (χ0v) is 10.0. The number of aliphatic hydroxyl groups excluding tert-OH is 1. The van der Waals surface area contributed by atoms with Gasteiger partial charge in [-0.05, 0) is 13.0 Å². The van der Waals surface area contributed by atoms with Crippen LogP contribution in [0.3, 0.4) is 0 Å². The van der Waals surface area contributed by atoms with E-state index in [1.165, 1.54) is 13.2 Å². The molecular formula is C12H18FNO3. The normalized spacial score (nSPS) is 14.4. The summed E-state index contributed by atoms with van der Waals surface area (Å²) in [6, 6.07) is 4.11. The molecule has 1 rings (SSSR count). The van der Waals surface area contributed by atoms with Crippen LogP contribution >= 0.6 is 0 Å². The van der Waals surface area contributed by atoms with Crippen LogP contribution in [0.5, 0.6) is 5.75 Å². The Bertz CT molecular complexity index is 358. The van der Waals surface area contributed by atoms with Crippen LogP contribution in [0.25, 0.3) is 0 Å². The van der Waals surface area contributed by atoms with Crippen LogP contribution < -0.4 is 10.5 Å². The number of hydrogen-bond acceptors (Lipinski definition) is 4. The lowest BCUT2D eigenvalue weighted by molar-refractivity contribution is 0.0325. The van der Waals surface area contributed by atoms with Gasteiger partial charge in [0.2, 0.25) is 0 Å². The van der Waals surface area contributed by atoms with Gasteiger partial charge in [-0.2, -0.15) is 0 Å². The van der Waals surface area contributed by atoms with Crippen molar-refractivity contribution in [3.8, 4) is 5.75 Å². The van der Waals surface area contributed by atoms with Crippen LogP contribution in [0.1, 0.15) is 18.5 Å². The zero-order chi connectivity index (χ0) is 12.8. The predicted octanol–water partition coefficient (Wildman–Crippen LogP) is 1.23. The molecule has 0 bridgehead atoms. The van der Waals surface area contributed by atoms with Crippen LogP contribution in [-0.2, 0) is 4.74 Å². The maximum absolute atomic E-state index is 13.5. The van der Waals surface area contributed by atoms with Crippen LogP contribution in [0.15, 0.2) is 18.2 Å². The third-order valence-electron chi connectivity index (χ3n) is 2.26. The molecule has 1 aromatic carbocycles. The molecule has 0 amide bonds. The monoisotopic (exact) mass is 243 g/mol. The fourth-order valence-corrected chi connectivity index (χ4v) is 1.40. The molecule has 17 heavy (non-hydrogen) atoms. The molecule has 3 N–H and O–H groups in total. The topological polar surface area (TPSA) is 64.7 Å². The average Bonchev–Trinajstić information content (AvgIpc) is 2.26. The lowest BCUT2D eigenvalue weighted by Crippen LogP contribution is -2.22. The Kier molecular flexibility index (Phi) is 5.34. The molecule has 0 radical (unpaired) electrons. The average molecular weight is 243 g/mol. The molecule has 0 fully saturated rings. The van der Waals surface area contributed by atoms with E-state index in [2.05, 4.69) is 0 Å². The minimum atomic E-state index is -0.726. The van der Waals surface area contributed by atoms with Crippen molar-refractivity contribution >= 4 is 0 Å². The maximum atomic E-state index is 13.5. The third kappa shape index (κ3) is 4.30. The number of aliphatic hydroxyl groups is 1. The number of ether oxygens (including phenoxy) is 2. The highest BCUT2D eigenvalue weighted by atomic mass is 19.1. The highest BCUT2D eigenvalue weighted by molar-refractivity contribution is 5.30. The van der Waals surface area contributed by atoms with E-state index in [0.717, 1.165) is 0 Å². The summed E-state index contributed by atoms with van der Waals surface area (Å²) >= 11 is 0. The number of hydrogen-bond donors (Lipinski definition) is 2. The molecule has 1 aromatic rings. The van der Waals surface area contributed by atoms with E-state index in [1.54, 1.807) is 19.1 Å². The summed E-state index contributed by atoms with van der Waals surface area (Å²) in [5, 5.41) is 9.36. The number of halogens is 1. The second kappa shape index (κ2) is 6.54. The van der Waals surface area contributed by atoms with E-state index in [1.807, 2.05) is 0 Å². The Hall–Kier alpha value is -1.17. The van der Waals surface area contributed by atoms with Crippen LogP contribution in [0, 0.1) is 5.82 Å². The van der Waals surface area contributed by atoms with Crippen molar-refractivity contribution < 1.29 is 19.0 Å². The van der Waals surface area contributed by atoms with E-state index in [0.29, 0.717) is 11.3 Å². The Morgan fingerprint density at radius 3 is 2.65 bits per heavy atom. The fourth-order valence-electron chi connectivity index (χ4n) is 1.40. The molecule has 5 heteroatoms. The number of methoxy groups -OCH3 is 1. The van der Waals surface area contributed by atoms with Gasteiger partial charge in [0, 0.05) is 24.8 Å². The summed E-state index contributed by atoms with van der Waals surface area (Å²) < 4.78 is 23.5. The molecule has 0 heterocycles. The first kappa shape index (κ1) is 13.9. The van der Waals surface area contributed by atoms with Crippen molar-refractivity contribution in [3.63, 3.8) is 0 Å². The molecule has 4 nitrogen and oxygen atoms in total. The standard InChI is InChI=1S/C12H18FNO3/c1-8(14)11-4-3-10(5-12(11)13)17-7-9(15)6-16-2/h3-5,8-9,15H,6-7,14H2,1-2H3/t8-,9?/m0/s1. The molecule has 2 atom stereocenters. The Balaban J connectivity index is 2.58. The third-order valence-corrected chi connectivity index (χ3v) is 2.26. The minimum Gasteiger partial charge on any atom is -0.491 e. The van der Waals surface area contributed by atoms with E-state index < -0.39 is 11.9 Å². The lowest BCUT2D eigenvalue weighted by Gasteiger charge is -2.13. The first-order valence-corrected chi connectivity index (χ1v) is 5.39. The van der Waals surface area contributed by atoms with Gasteiger partial charge in [-0.1, -0.05) is 6.07 Å². The smallest absolute Gasteiger partial charge is 0.131 e.